The van der Waals surface area contributed by atoms with Crippen molar-refractivity contribution < 1.29 is 9.53 Å². The topological polar surface area (TPSA) is 26.3 Å². The molecule has 0 atom stereocenters. The highest BCUT2D eigenvalue weighted by Gasteiger charge is 2.07. The molecular weight excluding hydrogens is 348 g/mol. The lowest BCUT2D eigenvalue weighted by Crippen LogP contribution is -2.05. The zero-order valence-electron chi connectivity index (χ0n) is 12.1. The number of Topliss-reactive ketones (excluding diaryl/α,β-unsaturated/α-hetero) is 1. The number of hydrogen-bond acceptors (Lipinski definition) is 3. The molecule has 0 unspecified atom stereocenters. The van der Waals surface area contributed by atoms with Gasteiger partial charge in [0.2, 0.25) is 0 Å². The van der Waals surface area contributed by atoms with Gasteiger partial charge in [0, 0.05) is 11.3 Å². The highest BCUT2D eigenvalue weighted by molar-refractivity contribution is 9.10. The SMILES string of the molecule is COc1ccc(CC(=O)CSc2ccc(C)cc2)cc1Br. The first-order chi connectivity index (χ1) is 10.1. The summed E-state index contributed by atoms with van der Waals surface area (Å²) in [5, 5.41) is 0. The van der Waals surface area contributed by atoms with Crippen LogP contribution in [0.5, 0.6) is 5.75 Å². The van der Waals surface area contributed by atoms with Crippen LogP contribution in [0.15, 0.2) is 51.8 Å². The normalized spacial score (nSPS) is 10.4. The minimum Gasteiger partial charge on any atom is -0.496 e. The zero-order valence-corrected chi connectivity index (χ0v) is 14.5. The Labute approximate surface area is 138 Å². The number of methoxy groups -OCH3 is 1. The van der Waals surface area contributed by atoms with Gasteiger partial charge in [0.1, 0.15) is 11.5 Å². The molecule has 0 radical (unpaired) electrons. The Hall–Kier alpha value is -1.26. The summed E-state index contributed by atoms with van der Waals surface area (Å²) >= 11 is 5.02. The number of ether oxygens (including phenoxy) is 1. The lowest BCUT2D eigenvalue weighted by molar-refractivity contribution is -0.116. The molecule has 0 saturated carbocycles. The van der Waals surface area contributed by atoms with Crippen LogP contribution >= 0.6 is 27.7 Å². The van der Waals surface area contributed by atoms with Crippen molar-refractivity contribution in [2.24, 2.45) is 0 Å². The number of hydrogen-bond donors (Lipinski definition) is 0. The first kappa shape index (κ1) is 16.1. The summed E-state index contributed by atoms with van der Waals surface area (Å²) < 4.78 is 6.06. The fraction of sp³-hybridized carbons (Fsp3) is 0.235. The molecule has 0 saturated heterocycles. The Morgan fingerprint density at radius 2 is 1.90 bits per heavy atom. The third-order valence-corrected chi connectivity index (χ3v) is 4.73. The number of carbonyl (C=O) groups excluding carboxylic acids is 1. The molecule has 21 heavy (non-hydrogen) atoms. The van der Waals surface area contributed by atoms with Crippen LogP contribution < -0.4 is 4.74 Å². The Morgan fingerprint density at radius 1 is 1.19 bits per heavy atom. The van der Waals surface area contributed by atoms with E-state index in [-0.39, 0.29) is 5.78 Å². The molecule has 110 valence electrons. The van der Waals surface area contributed by atoms with Gasteiger partial charge in [-0.25, -0.2) is 0 Å². The third kappa shape index (κ3) is 4.90. The maximum atomic E-state index is 12.1. The van der Waals surface area contributed by atoms with Crippen molar-refractivity contribution >= 4 is 33.5 Å². The minimum atomic E-state index is 0.220. The average molecular weight is 365 g/mol. The van der Waals surface area contributed by atoms with Crippen LogP contribution in [0.1, 0.15) is 11.1 Å². The molecule has 0 spiro atoms. The summed E-state index contributed by atoms with van der Waals surface area (Å²) in [7, 11) is 1.63. The van der Waals surface area contributed by atoms with E-state index in [9.17, 15) is 4.79 Å². The standard InChI is InChI=1S/C17H17BrO2S/c1-12-3-6-15(7-4-12)21-11-14(19)9-13-5-8-17(20-2)16(18)10-13/h3-8,10H,9,11H2,1-2H3. The summed E-state index contributed by atoms with van der Waals surface area (Å²) in [4.78, 5) is 13.2. The van der Waals surface area contributed by atoms with Crippen LogP contribution in [-0.2, 0) is 11.2 Å². The molecule has 0 amide bonds. The van der Waals surface area contributed by atoms with Gasteiger partial charge in [0.15, 0.2) is 0 Å². The van der Waals surface area contributed by atoms with Gasteiger partial charge in [-0.1, -0.05) is 23.8 Å². The van der Waals surface area contributed by atoms with Crippen LogP contribution in [0.25, 0.3) is 0 Å². The maximum Gasteiger partial charge on any atom is 0.147 e. The predicted octanol–water partition coefficient (Wildman–Crippen LogP) is 4.67. The van der Waals surface area contributed by atoms with Crippen molar-refractivity contribution in [1.29, 1.82) is 0 Å². The molecule has 0 aliphatic carbocycles. The van der Waals surface area contributed by atoms with Gasteiger partial charge in [0.25, 0.3) is 0 Å². The van der Waals surface area contributed by atoms with Crippen LogP contribution in [0, 0.1) is 6.92 Å². The van der Waals surface area contributed by atoms with Crippen molar-refractivity contribution in [2.75, 3.05) is 12.9 Å². The molecule has 0 bridgehead atoms. The quantitative estimate of drug-likeness (QED) is 0.696. The van der Waals surface area contributed by atoms with Crippen LogP contribution in [-0.4, -0.2) is 18.6 Å². The molecule has 0 fully saturated rings. The lowest BCUT2D eigenvalue weighted by atomic mass is 10.1. The van der Waals surface area contributed by atoms with E-state index in [0.717, 1.165) is 20.7 Å². The molecule has 2 rings (SSSR count). The van der Waals surface area contributed by atoms with Crippen LogP contribution in [0.3, 0.4) is 0 Å². The lowest BCUT2D eigenvalue weighted by Gasteiger charge is -2.06. The fourth-order valence-electron chi connectivity index (χ4n) is 1.90. The molecule has 2 aromatic carbocycles. The van der Waals surface area contributed by atoms with Crippen LogP contribution in [0.4, 0.5) is 0 Å². The van der Waals surface area contributed by atoms with E-state index in [2.05, 4.69) is 47.1 Å². The minimum absolute atomic E-state index is 0.220. The number of benzene rings is 2. The van der Waals surface area contributed by atoms with Gasteiger partial charge in [0.05, 0.1) is 17.3 Å². The number of carbonyl (C=O) groups is 1. The smallest absolute Gasteiger partial charge is 0.147 e. The Morgan fingerprint density at radius 3 is 2.52 bits per heavy atom. The van der Waals surface area contributed by atoms with E-state index in [4.69, 9.17) is 4.74 Å². The third-order valence-electron chi connectivity index (χ3n) is 3.04. The van der Waals surface area contributed by atoms with Gasteiger partial charge in [-0.3, -0.25) is 4.79 Å². The molecular formula is C17H17BrO2S. The van der Waals surface area contributed by atoms with Gasteiger partial charge < -0.3 is 4.74 Å². The van der Waals surface area contributed by atoms with Crippen molar-refractivity contribution in [3.8, 4) is 5.75 Å². The fourth-order valence-corrected chi connectivity index (χ4v) is 3.24. The van der Waals surface area contributed by atoms with E-state index in [1.807, 2.05) is 18.2 Å². The molecule has 0 aliphatic heterocycles. The van der Waals surface area contributed by atoms with Crippen molar-refractivity contribution in [1.82, 2.24) is 0 Å². The molecule has 0 aromatic heterocycles. The highest BCUT2D eigenvalue weighted by Crippen LogP contribution is 2.26. The van der Waals surface area contributed by atoms with Gasteiger partial charge in [-0.15, -0.1) is 11.8 Å². The monoisotopic (exact) mass is 364 g/mol. The molecule has 2 nitrogen and oxygen atoms in total. The average Bonchev–Trinajstić information content (AvgIpc) is 2.47. The maximum absolute atomic E-state index is 12.1. The van der Waals surface area contributed by atoms with Crippen LogP contribution in [0.2, 0.25) is 0 Å². The Kier molecular flexibility index (Phi) is 5.88. The van der Waals surface area contributed by atoms with Crippen molar-refractivity contribution in [2.45, 2.75) is 18.2 Å². The van der Waals surface area contributed by atoms with Crippen molar-refractivity contribution in [3.63, 3.8) is 0 Å². The number of ketones is 1. The predicted molar refractivity (Wildman–Crippen MR) is 91.3 cm³/mol. The van der Waals surface area contributed by atoms with E-state index in [0.29, 0.717) is 12.2 Å². The number of halogens is 1. The molecule has 0 heterocycles. The van der Waals surface area contributed by atoms with Crippen molar-refractivity contribution in [3.05, 3.63) is 58.1 Å². The van der Waals surface area contributed by atoms with E-state index in [1.165, 1.54) is 5.56 Å². The van der Waals surface area contributed by atoms with E-state index in [1.54, 1.807) is 18.9 Å². The number of aryl methyl sites for hydroxylation is 1. The Balaban J connectivity index is 1.89. The molecule has 4 heteroatoms. The summed E-state index contributed by atoms with van der Waals surface area (Å²) in [5.74, 6) is 1.49. The molecule has 0 N–H and O–H groups in total. The summed E-state index contributed by atoms with van der Waals surface area (Å²) in [5.41, 5.74) is 2.23. The van der Waals surface area contributed by atoms with Gasteiger partial charge >= 0.3 is 0 Å². The second-order valence-electron chi connectivity index (χ2n) is 4.79. The first-order valence-corrected chi connectivity index (χ1v) is 8.40. The van der Waals surface area contributed by atoms with Gasteiger partial charge in [-0.2, -0.15) is 0 Å². The largest absolute Gasteiger partial charge is 0.496 e. The Bertz CT molecular complexity index is 623. The van der Waals surface area contributed by atoms with E-state index >= 15 is 0 Å². The van der Waals surface area contributed by atoms with Gasteiger partial charge in [-0.05, 0) is 52.7 Å². The second kappa shape index (κ2) is 7.66. The summed E-state index contributed by atoms with van der Waals surface area (Å²) in [6.45, 7) is 2.06. The first-order valence-electron chi connectivity index (χ1n) is 6.62. The highest BCUT2D eigenvalue weighted by atomic mass is 79.9. The zero-order chi connectivity index (χ0) is 15.2. The van der Waals surface area contributed by atoms with E-state index < -0.39 is 0 Å². The summed E-state index contributed by atoms with van der Waals surface area (Å²) in [6, 6.07) is 14.0. The summed E-state index contributed by atoms with van der Waals surface area (Å²) in [6.07, 6.45) is 0.446. The number of rotatable bonds is 6. The number of thioether (sulfide) groups is 1. The second-order valence-corrected chi connectivity index (χ2v) is 6.69. The molecule has 0 aliphatic rings. The molecule has 2 aromatic rings.